The molecule has 3 fully saturated rings. The Labute approximate surface area is 230 Å². The van der Waals surface area contributed by atoms with Gasteiger partial charge in [-0.3, -0.25) is 14.4 Å². The number of aliphatic hydroxyl groups excluding tert-OH is 1. The summed E-state index contributed by atoms with van der Waals surface area (Å²) >= 11 is 0. The van der Waals surface area contributed by atoms with Crippen LogP contribution in [0.5, 0.6) is 5.75 Å². The maximum Gasteiger partial charge on any atom is 0.247 e. The number of nitrogens with one attached hydrogen (secondary N) is 2. The van der Waals surface area contributed by atoms with Crippen LogP contribution in [0.3, 0.4) is 0 Å². The molecule has 12 heteroatoms. The van der Waals surface area contributed by atoms with E-state index in [2.05, 4.69) is 20.9 Å². The topological polar surface area (TPSA) is 148 Å². The number of amides is 3. The van der Waals surface area contributed by atoms with Crippen molar-refractivity contribution in [1.82, 2.24) is 25.2 Å². The van der Waals surface area contributed by atoms with Crippen molar-refractivity contribution in [2.24, 2.45) is 11.8 Å². The SMILES string of the molecule is CCOc1ccc(NC(=O)[C@@H]2[C@H]3C(=O)N(CCCO)C(C(=O)NCn4nnc5ccccc54)C34CC[C@H]2O4)cc1. The predicted molar refractivity (Wildman–Crippen MR) is 143 cm³/mol. The van der Waals surface area contributed by atoms with Crippen molar-refractivity contribution >= 4 is 34.4 Å². The van der Waals surface area contributed by atoms with Crippen LogP contribution in [0.1, 0.15) is 26.2 Å². The maximum absolute atomic E-state index is 13.8. The molecule has 2 unspecified atom stereocenters. The highest BCUT2D eigenvalue weighted by molar-refractivity contribution is 6.02. The molecule has 12 nitrogen and oxygen atoms in total. The van der Waals surface area contributed by atoms with Crippen LogP contribution in [0.15, 0.2) is 48.5 Å². The molecule has 40 heavy (non-hydrogen) atoms. The quantitative estimate of drug-likeness (QED) is 0.343. The molecule has 1 aromatic heterocycles. The Morgan fingerprint density at radius 2 is 1.98 bits per heavy atom. The van der Waals surface area contributed by atoms with Crippen molar-refractivity contribution in [3.63, 3.8) is 0 Å². The lowest BCUT2D eigenvalue weighted by Gasteiger charge is -2.33. The number of rotatable bonds is 10. The van der Waals surface area contributed by atoms with E-state index < -0.39 is 29.6 Å². The molecule has 0 aliphatic carbocycles. The van der Waals surface area contributed by atoms with E-state index in [1.807, 2.05) is 31.2 Å². The number of hydrogen-bond donors (Lipinski definition) is 3. The maximum atomic E-state index is 13.8. The Morgan fingerprint density at radius 3 is 2.75 bits per heavy atom. The number of nitrogens with zero attached hydrogens (tertiary/aromatic N) is 4. The van der Waals surface area contributed by atoms with Gasteiger partial charge in [0.1, 0.15) is 29.6 Å². The summed E-state index contributed by atoms with van der Waals surface area (Å²) in [5.41, 5.74) is 0.937. The van der Waals surface area contributed by atoms with Crippen molar-refractivity contribution in [3.05, 3.63) is 48.5 Å². The van der Waals surface area contributed by atoms with E-state index in [4.69, 9.17) is 9.47 Å². The zero-order valence-corrected chi connectivity index (χ0v) is 22.2. The first-order valence-electron chi connectivity index (χ1n) is 13.7. The van der Waals surface area contributed by atoms with Crippen molar-refractivity contribution in [3.8, 4) is 5.75 Å². The van der Waals surface area contributed by atoms with Gasteiger partial charge in [0.25, 0.3) is 0 Å². The Hall–Kier alpha value is -4.03. The third-order valence-electron chi connectivity index (χ3n) is 8.16. The standard InChI is InChI=1S/C28H32N6O6/c1-2-39-18-10-8-17(9-11-18)30-25(36)22-21-12-13-28(40-21)23(22)27(38)33(14-5-15-35)24(28)26(37)29-16-34-20-7-4-3-6-19(20)31-32-34/h3-4,6-11,21-24,35H,2,5,12-16H2,1H3,(H,29,37)(H,30,36)/t21-,22+,23+,24?,28?/m1/s1. The average Bonchev–Trinajstić information content (AvgIpc) is 3.71. The van der Waals surface area contributed by atoms with Crippen LogP contribution < -0.4 is 15.4 Å². The van der Waals surface area contributed by atoms with Crippen molar-refractivity contribution < 1.29 is 29.0 Å². The molecule has 3 aromatic rings. The van der Waals surface area contributed by atoms with Gasteiger partial charge in [-0.1, -0.05) is 17.3 Å². The largest absolute Gasteiger partial charge is 0.494 e. The van der Waals surface area contributed by atoms with E-state index >= 15 is 0 Å². The van der Waals surface area contributed by atoms with Crippen molar-refractivity contribution in [2.75, 3.05) is 25.1 Å². The van der Waals surface area contributed by atoms with Gasteiger partial charge in [0, 0.05) is 18.8 Å². The number of likely N-dealkylation sites (tertiary alicyclic amines) is 1. The molecule has 0 saturated carbocycles. The second-order valence-corrected chi connectivity index (χ2v) is 10.4. The third-order valence-corrected chi connectivity index (χ3v) is 8.16. The highest BCUT2D eigenvalue weighted by Crippen LogP contribution is 2.58. The molecule has 2 bridgehead atoms. The summed E-state index contributed by atoms with van der Waals surface area (Å²) in [6, 6.07) is 13.5. The van der Waals surface area contributed by atoms with Crippen molar-refractivity contribution in [1.29, 1.82) is 0 Å². The first-order valence-corrected chi connectivity index (χ1v) is 13.7. The van der Waals surface area contributed by atoms with Crippen LogP contribution in [0.4, 0.5) is 5.69 Å². The number of fused-ring (bicyclic) bond motifs is 2. The molecule has 5 atom stereocenters. The second-order valence-electron chi connectivity index (χ2n) is 10.4. The number of carbonyl (C=O) groups is 3. The number of benzene rings is 2. The average molecular weight is 549 g/mol. The fourth-order valence-electron chi connectivity index (χ4n) is 6.55. The van der Waals surface area contributed by atoms with E-state index in [1.165, 1.54) is 4.90 Å². The van der Waals surface area contributed by atoms with Gasteiger partial charge in [-0.25, -0.2) is 4.68 Å². The molecule has 3 amide bonds. The molecule has 4 heterocycles. The Morgan fingerprint density at radius 1 is 1.18 bits per heavy atom. The lowest BCUT2D eigenvalue weighted by atomic mass is 9.70. The minimum absolute atomic E-state index is 0.0592. The Kier molecular flexibility index (Phi) is 6.88. The van der Waals surface area contributed by atoms with E-state index in [0.717, 1.165) is 5.52 Å². The molecule has 3 N–H and O–H groups in total. The smallest absolute Gasteiger partial charge is 0.247 e. The summed E-state index contributed by atoms with van der Waals surface area (Å²) in [4.78, 5) is 42.6. The minimum Gasteiger partial charge on any atom is -0.494 e. The van der Waals surface area contributed by atoms with Gasteiger partial charge in [0.2, 0.25) is 17.7 Å². The number of aromatic nitrogens is 3. The van der Waals surface area contributed by atoms with Crippen LogP contribution in [0.25, 0.3) is 11.0 Å². The minimum atomic E-state index is -1.12. The monoisotopic (exact) mass is 548 g/mol. The molecular weight excluding hydrogens is 516 g/mol. The summed E-state index contributed by atoms with van der Waals surface area (Å²) in [5, 5.41) is 23.6. The lowest BCUT2D eigenvalue weighted by Crippen LogP contribution is -2.55. The number of carbonyl (C=O) groups excluding carboxylic acids is 3. The molecule has 1 spiro atoms. The highest BCUT2D eigenvalue weighted by Gasteiger charge is 2.74. The Bertz CT molecular complexity index is 1430. The molecule has 210 valence electrons. The van der Waals surface area contributed by atoms with Gasteiger partial charge in [0.15, 0.2) is 0 Å². The van der Waals surface area contributed by atoms with Crippen LogP contribution in [-0.4, -0.2) is 80.2 Å². The Balaban J connectivity index is 1.24. The van der Waals surface area contributed by atoms with Gasteiger partial charge in [-0.2, -0.15) is 0 Å². The van der Waals surface area contributed by atoms with Crippen LogP contribution in [0.2, 0.25) is 0 Å². The predicted octanol–water partition coefficient (Wildman–Crippen LogP) is 1.30. The molecule has 0 radical (unpaired) electrons. The van der Waals surface area contributed by atoms with Gasteiger partial charge in [0.05, 0.1) is 30.1 Å². The number of ether oxygens (including phenoxy) is 2. The number of anilines is 1. The van der Waals surface area contributed by atoms with Gasteiger partial charge in [-0.05, 0) is 62.6 Å². The van der Waals surface area contributed by atoms with E-state index in [0.29, 0.717) is 42.8 Å². The summed E-state index contributed by atoms with van der Waals surface area (Å²) in [6.45, 7) is 2.54. The lowest BCUT2D eigenvalue weighted by molar-refractivity contribution is -0.141. The number of aliphatic hydroxyl groups is 1. The normalized spacial score (nSPS) is 26.8. The second kappa shape index (κ2) is 10.5. The first kappa shape index (κ1) is 26.2. The zero-order valence-electron chi connectivity index (χ0n) is 22.2. The molecule has 2 aromatic carbocycles. The van der Waals surface area contributed by atoms with E-state index in [1.54, 1.807) is 28.9 Å². The summed E-state index contributed by atoms with van der Waals surface area (Å²) in [5.74, 6) is -1.83. The van der Waals surface area contributed by atoms with E-state index in [-0.39, 0.29) is 37.5 Å². The summed E-state index contributed by atoms with van der Waals surface area (Å²) < 4.78 is 13.5. The van der Waals surface area contributed by atoms with E-state index in [9.17, 15) is 19.5 Å². The molecular formula is C28H32N6O6. The van der Waals surface area contributed by atoms with Gasteiger partial charge in [-0.15, -0.1) is 5.10 Å². The zero-order chi connectivity index (χ0) is 27.9. The third kappa shape index (κ3) is 4.27. The van der Waals surface area contributed by atoms with Gasteiger partial charge >= 0.3 is 0 Å². The molecule has 6 rings (SSSR count). The highest BCUT2D eigenvalue weighted by atomic mass is 16.5. The van der Waals surface area contributed by atoms with Crippen LogP contribution in [0, 0.1) is 11.8 Å². The first-order chi connectivity index (χ1) is 19.5. The van der Waals surface area contributed by atoms with Crippen molar-refractivity contribution in [2.45, 2.75) is 50.6 Å². The fourth-order valence-corrected chi connectivity index (χ4v) is 6.55. The molecule has 3 saturated heterocycles. The summed E-state index contributed by atoms with van der Waals surface area (Å²) in [6.07, 6.45) is 0.891. The van der Waals surface area contributed by atoms with Crippen LogP contribution in [-0.2, 0) is 25.8 Å². The fraction of sp³-hybridized carbons (Fsp3) is 0.464. The molecule has 3 aliphatic heterocycles. The molecule has 3 aliphatic rings. The summed E-state index contributed by atoms with van der Waals surface area (Å²) in [7, 11) is 0. The van der Waals surface area contributed by atoms with Gasteiger partial charge < -0.3 is 30.1 Å². The van der Waals surface area contributed by atoms with Crippen LogP contribution >= 0.6 is 0 Å². The number of para-hydroxylation sites is 1. The number of hydrogen-bond acceptors (Lipinski definition) is 8.